The van der Waals surface area contributed by atoms with Crippen LogP contribution in [0.3, 0.4) is 0 Å². The molecule has 0 aliphatic carbocycles. The predicted molar refractivity (Wildman–Crippen MR) is 114 cm³/mol. The van der Waals surface area contributed by atoms with Gasteiger partial charge < -0.3 is 14.7 Å². The van der Waals surface area contributed by atoms with Crippen LogP contribution in [0.1, 0.15) is 23.1 Å². The SMILES string of the molecule is Cc1c(CC(=O)O)cccc1OCCO/N=C/CCc1ccc(-n2cccn2)cc1. The number of hydrogen-bond donors (Lipinski definition) is 1. The minimum atomic E-state index is -0.859. The fourth-order valence-corrected chi connectivity index (χ4v) is 2.99. The Kier molecular flexibility index (Phi) is 7.60. The summed E-state index contributed by atoms with van der Waals surface area (Å²) >= 11 is 0. The maximum Gasteiger partial charge on any atom is 0.307 e. The molecular weight excluding hydrogens is 382 g/mol. The Balaban J connectivity index is 1.34. The van der Waals surface area contributed by atoms with Crippen LogP contribution in [0, 0.1) is 6.92 Å². The van der Waals surface area contributed by atoms with E-state index < -0.39 is 5.97 Å². The molecule has 0 radical (unpaired) electrons. The van der Waals surface area contributed by atoms with Gasteiger partial charge in [-0.15, -0.1) is 0 Å². The van der Waals surface area contributed by atoms with Crippen molar-refractivity contribution in [1.82, 2.24) is 9.78 Å². The second-order valence-corrected chi connectivity index (χ2v) is 6.74. The number of nitrogens with zero attached hydrogens (tertiary/aromatic N) is 3. The molecule has 30 heavy (non-hydrogen) atoms. The zero-order valence-electron chi connectivity index (χ0n) is 16.9. The van der Waals surface area contributed by atoms with Gasteiger partial charge in [0.15, 0.2) is 6.61 Å². The van der Waals surface area contributed by atoms with Crippen LogP contribution in [-0.4, -0.2) is 40.3 Å². The molecular formula is C23H25N3O4. The highest BCUT2D eigenvalue weighted by molar-refractivity contribution is 5.71. The van der Waals surface area contributed by atoms with Gasteiger partial charge >= 0.3 is 5.97 Å². The predicted octanol–water partition coefficient (Wildman–Crippen LogP) is 3.82. The first kappa shape index (κ1) is 21.1. The van der Waals surface area contributed by atoms with E-state index in [2.05, 4.69) is 22.4 Å². The minimum Gasteiger partial charge on any atom is -0.490 e. The molecule has 0 saturated heterocycles. The summed E-state index contributed by atoms with van der Waals surface area (Å²) in [6, 6.07) is 15.6. The number of carbonyl (C=O) groups is 1. The highest BCUT2D eigenvalue weighted by Crippen LogP contribution is 2.21. The summed E-state index contributed by atoms with van der Waals surface area (Å²) < 4.78 is 7.50. The molecule has 0 aliphatic heterocycles. The van der Waals surface area contributed by atoms with Crippen molar-refractivity contribution in [2.75, 3.05) is 13.2 Å². The molecule has 3 aromatic rings. The number of aliphatic carboxylic acids is 1. The summed E-state index contributed by atoms with van der Waals surface area (Å²) in [7, 11) is 0. The van der Waals surface area contributed by atoms with E-state index in [9.17, 15) is 4.79 Å². The van der Waals surface area contributed by atoms with E-state index in [0.29, 0.717) is 19.0 Å². The first-order valence-electron chi connectivity index (χ1n) is 9.79. The number of aromatic nitrogens is 2. The van der Waals surface area contributed by atoms with Crippen molar-refractivity contribution in [2.24, 2.45) is 5.16 Å². The lowest BCUT2D eigenvalue weighted by Gasteiger charge is -2.11. The number of ether oxygens (including phenoxy) is 1. The van der Waals surface area contributed by atoms with Crippen molar-refractivity contribution in [2.45, 2.75) is 26.2 Å². The van der Waals surface area contributed by atoms with Crippen LogP contribution in [-0.2, 0) is 22.5 Å². The second kappa shape index (κ2) is 10.8. The molecule has 0 atom stereocenters. The molecule has 7 nitrogen and oxygen atoms in total. The van der Waals surface area contributed by atoms with Crippen molar-refractivity contribution < 1.29 is 19.5 Å². The van der Waals surface area contributed by atoms with Crippen LogP contribution in [0.5, 0.6) is 5.75 Å². The van der Waals surface area contributed by atoms with Crippen LogP contribution < -0.4 is 4.74 Å². The quantitative estimate of drug-likeness (QED) is 0.297. The summed E-state index contributed by atoms with van der Waals surface area (Å²) in [5.41, 5.74) is 3.83. The lowest BCUT2D eigenvalue weighted by Crippen LogP contribution is -2.07. The standard InChI is InChI=1S/C23H25N3O4/c1-18-20(17-23(27)28)6-2-7-22(18)29-15-16-30-25-13-3-5-19-8-10-21(11-9-19)26-14-4-12-24-26/h2,4,6-14H,3,5,15-17H2,1H3,(H,27,28)/b25-13+. The molecule has 0 saturated carbocycles. The largest absolute Gasteiger partial charge is 0.490 e. The molecule has 1 N–H and O–H groups in total. The van der Waals surface area contributed by atoms with Crippen LogP contribution in [0.25, 0.3) is 5.69 Å². The second-order valence-electron chi connectivity index (χ2n) is 6.74. The van der Waals surface area contributed by atoms with Gasteiger partial charge in [-0.3, -0.25) is 4.79 Å². The van der Waals surface area contributed by atoms with Gasteiger partial charge in [-0.05, 0) is 60.7 Å². The van der Waals surface area contributed by atoms with Gasteiger partial charge in [0.1, 0.15) is 12.4 Å². The molecule has 0 bridgehead atoms. The van der Waals surface area contributed by atoms with Gasteiger partial charge in [0.2, 0.25) is 0 Å². The van der Waals surface area contributed by atoms with Crippen molar-refractivity contribution in [3.63, 3.8) is 0 Å². The summed E-state index contributed by atoms with van der Waals surface area (Å²) in [4.78, 5) is 16.1. The Bertz CT molecular complexity index is 967. The molecule has 7 heteroatoms. The summed E-state index contributed by atoms with van der Waals surface area (Å²) in [5.74, 6) is -0.193. The number of aryl methyl sites for hydroxylation is 1. The van der Waals surface area contributed by atoms with E-state index in [1.165, 1.54) is 5.56 Å². The van der Waals surface area contributed by atoms with Crippen molar-refractivity contribution in [3.8, 4) is 11.4 Å². The van der Waals surface area contributed by atoms with E-state index in [4.69, 9.17) is 14.7 Å². The fraction of sp³-hybridized carbons (Fsp3) is 0.261. The Morgan fingerprint density at radius 1 is 1.17 bits per heavy atom. The number of benzene rings is 2. The summed E-state index contributed by atoms with van der Waals surface area (Å²) in [5, 5.41) is 17.1. The maximum absolute atomic E-state index is 10.9. The zero-order valence-corrected chi connectivity index (χ0v) is 16.9. The van der Waals surface area contributed by atoms with Gasteiger partial charge in [0.25, 0.3) is 0 Å². The Labute approximate surface area is 175 Å². The number of oxime groups is 1. The van der Waals surface area contributed by atoms with Gasteiger partial charge in [0.05, 0.1) is 12.1 Å². The van der Waals surface area contributed by atoms with Gasteiger partial charge in [0, 0.05) is 18.6 Å². The molecule has 2 aromatic carbocycles. The lowest BCUT2D eigenvalue weighted by atomic mass is 10.1. The maximum atomic E-state index is 10.9. The lowest BCUT2D eigenvalue weighted by molar-refractivity contribution is -0.136. The van der Waals surface area contributed by atoms with E-state index in [0.717, 1.165) is 29.7 Å². The number of hydrogen-bond acceptors (Lipinski definition) is 5. The Hall–Kier alpha value is -3.61. The topological polar surface area (TPSA) is 85.9 Å². The van der Waals surface area contributed by atoms with Crippen molar-refractivity contribution in [1.29, 1.82) is 0 Å². The third-order valence-corrected chi connectivity index (χ3v) is 4.59. The zero-order chi connectivity index (χ0) is 21.2. The van der Waals surface area contributed by atoms with Crippen LogP contribution in [0.2, 0.25) is 0 Å². The molecule has 3 rings (SSSR count). The third kappa shape index (κ3) is 6.20. The van der Waals surface area contributed by atoms with Crippen LogP contribution in [0.4, 0.5) is 0 Å². The molecule has 0 unspecified atom stereocenters. The van der Waals surface area contributed by atoms with E-state index >= 15 is 0 Å². The summed E-state index contributed by atoms with van der Waals surface area (Å²) in [6.45, 7) is 2.51. The van der Waals surface area contributed by atoms with Crippen molar-refractivity contribution in [3.05, 3.63) is 77.6 Å². The minimum absolute atomic E-state index is 0.0181. The molecule has 0 amide bonds. The fourth-order valence-electron chi connectivity index (χ4n) is 2.99. The van der Waals surface area contributed by atoms with E-state index in [1.54, 1.807) is 24.5 Å². The monoisotopic (exact) mass is 407 g/mol. The Morgan fingerprint density at radius 2 is 2.00 bits per heavy atom. The van der Waals surface area contributed by atoms with Gasteiger partial charge in [-0.25, -0.2) is 4.68 Å². The number of carboxylic acid groups (broad SMARTS) is 1. The molecule has 0 fully saturated rings. The van der Waals surface area contributed by atoms with Crippen molar-refractivity contribution >= 4 is 12.2 Å². The molecule has 0 spiro atoms. The van der Waals surface area contributed by atoms with Crippen LogP contribution in [0.15, 0.2) is 66.1 Å². The van der Waals surface area contributed by atoms with E-state index in [-0.39, 0.29) is 6.42 Å². The first-order chi connectivity index (χ1) is 14.6. The normalized spacial score (nSPS) is 11.0. The highest BCUT2D eigenvalue weighted by atomic mass is 16.6. The molecule has 0 aliphatic rings. The average molecular weight is 407 g/mol. The molecule has 1 heterocycles. The first-order valence-corrected chi connectivity index (χ1v) is 9.79. The molecule has 156 valence electrons. The highest BCUT2D eigenvalue weighted by Gasteiger charge is 2.08. The summed E-state index contributed by atoms with van der Waals surface area (Å²) in [6.07, 6.45) is 7.05. The third-order valence-electron chi connectivity index (χ3n) is 4.59. The number of carboxylic acids is 1. The van der Waals surface area contributed by atoms with E-state index in [1.807, 2.05) is 42.1 Å². The van der Waals surface area contributed by atoms with Gasteiger partial charge in [-0.1, -0.05) is 29.4 Å². The van der Waals surface area contributed by atoms with Gasteiger partial charge in [-0.2, -0.15) is 5.10 Å². The van der Waals surface area contributed by atoms with Crippen LogP contribution >= 0.6 is 0 Å². The number of rotatable bonds is 11. The average Bonchev–Trinajstić information content (AvgIpc) is 3.27. The smallest absolute Gasteiger partial charge is 0.307 e. The molecule has 1 aromatic heterocycles. The Morgan fingerprint density at radius 3 is 2.73 bits per heavy atom.